The molecule has 1 saturated heterocycles. The van der Waals surface area contributed by atoms with Gasteiger partial charge in [-0.15, -0.1) is 0 Å². The van der Waals surface area contributed by atoms with E-state index in [9.17, 15) is 9.59 Å². The van der Waals surface area contributed by atoms with E-state index in [1.165, 1.54) is 0 Å². The minimum atomic E-state index is -0.0667. The van der Waals surface area contributed by atoms with Gasteiger partial charge < -0.3 is 9.64 Å². The highest BCUT2D eigenvalue weighted by molar-refractivity contribution is 5.76. The molecule has 0 radical (unpaired) electrons. The molecule has 0 atom stereocenters. The Morgan fingerprint density at radius 1 is 1.07 bits per heavy atom. The van der Waals surface area contributed by atoms with Crippen molar-refractivity contribution in [3.63, 3.8) is 0 Å². The molecule has 1 amide bonds. The number of methoxy groups -OCH3 is 1. The molecule has 0 saturated carbocycles. The Morgan fingerprint density at radius 3 is 2.57 bits per heavy atom. The van der Waals surface area contributed by atoms with E-state index in [2.05, 4.69) is 9.88 Å². The van der Waals surface area contributed by atoms with Crippen LogP contribution in [0.15, 0.2) is 59.5 Å². The van der Waals surface area contributed by atoms with E-state index in [0.29, 0.717) is 31.7 Å². The number of carbonyl (C=O) groups excluding carboxylic acids is 1. The second kappa shape index (κ2) is 9.09. The predicted octanol–water partition coefficient (Wildman–Crippen LogP) is 1.98. The lowest BCUT2D eigenvalue weighted by Gasteiger charge is -2.34. The third kappa shape index (κ3) is 4.68. The number of piperazine rings is 1. The first-order chi connectivity index (χ1) is 14.6. The highest BCUT2D eigenvalue weighted by atomic mass is 16.5. The summed E-state index contributed by atoms with van der Waals surface area (Å²) >= 11 is 0. The molecule has 2 aromatic heterocycles. The van der Waals surface area contributed by atoms with Gasteiger partial charge in [0.25, 0.3) is 5.56 Å². The summed E-state index contributed by atoms with van der Waals surface area (Å²) in [7, 11) is 1.65. The molecule has 3 heterocycles. The van der Waals surface area contributed by atoms with Gasteiger partial charge in [0.05, 0.1) is 12.8 Å². The Morgan fingerprint density at radius 2 is 1.83 bits per heavy atom. The molecule has 3 aromatic rings. The number of hydrogen-bond acceptors (Lipinski definition) is 5. The van der Waals surface area contributed by atoms with Gasteiger partial charge in [-0.05, 0) is 36.2 Å². The summed E-state index contributed by atoms with van der Waals surface area (Å²) in [6, 6.07) is 15.0. The third-order valence-electron chi connectivity index (χ3n) is 5.52. The molecule has 7 nitrogen and oxygen atoms in total. The molecule has 1 aliphatic heterocycles. The number of amides is 1. The van der Waals surface area contributed by atoms with Crippen LogP contribution in [0.5, 0.6) is 5.75 Å². The van der Waals surface area contributed by atoms with Gasteiger partial charge in [-0.2, -0.15) is 0 Å². The molecule has 0 aliphatic carbocycles. The molecular formula is C23H26N4O3. The van der Waals surface area contributed by atoms with Gasteiger partial charge in [0.1, 0.15) is 11.4 Å². The summed E-state index contributed by atoms with van der Waals surface area (Å²) < 4.78 is 6.71. The number of nitrogens with zero attached hydrogens (tertiary/aromatic N) is 4. The van der Waals surface area contributed by atoms with Crippen LogP contribution in [0.3, 0.4) is 0 Å². The smallest absolute Gasteiger partial charge is 0.258 e. The van der Waals surface area contributed by atoms with E-state index in [1.54, 1.807) is 23.8 Å². The molecular weight excluding hydrogens is 380 g/mol. The summed E-state index contributed by atoms with van der Waals surface area (Å²) in [5.41, 5.74) is 2.50. The van der Waals surface area contributed by atoms with Crippen molar-refractivity contribution in [2.75, 3.05) is 33.3 Å². The van der Waals surface area contributed by atoms with Crippen LogP contribution < -0.4 is 10.3 Å². The first kappa shape index (κ1) is 20.1. The lowest BCUT2D eigenvalue weighted by atomic mass is 10.1. The third-order valence-corrected chi connectivity index (χ3v) is 5.52. The Labute approximate surface area is 175 Å². The first-order valence-corrected chi connectivity index (χ1v) is 10.2. The fourth-order valence-electron chi connectivity index (χ4n) is 3.77. The van der Waals surface area contributed by atoms with Crippen molar-refractivity contribution in [2.24, 2.45) is 0 Å². The first-order valence-electron chi connectivity index (χ1n) is 10.2. The number of ether oxygens (including phenoxy) is 1. The molecule has 1 aromatic carbocycles. The predicted molar refractivity (Wildman–Crippen MR) is 115 cm³/mol. The zero-order chi connectivity index (χ0) is 20.9. The van der Waals surface area contributed by atoms with E-state index >= 15 is 0 Å². The van der Waals surface area contributed by atoms with E-state index < -0.39 is 0 Å². The molecule has 1 fully saturated rings. The zero-order valence-electron chi connectivity index (χ0n) is 17.2. The second-order valence-corrected chi connectivity index (χ2v) is 7.52. The maximum absolute atomic E-state index is 12.6. The fourth-order valence-corrected chi connectivity index (χ4v) is 3.77. The molecule has 0 bridgehead atoms. The molecule has 4 rings (SSSR count). The van der Waals surface area contributed by atoms with Gasteiger partial charge in [0, 0.05) is 51.4 Å². The summed E-state index contributed by atoms with van der Waals surface area (Å²) in [5.74, 6) is 1.01. The van der Waals surface area contributed by atoms with Crippen molar-refractivity contribution in [3.05, 3.63) is 76.3 Å². The van der Waals surface area contributed by atoms with Crippen molar-refractivity contribution in [3.8, 4) is 5.75 Å². The Bertz CT molecular complexity index is 1070. The van der Waals surface area contributed by atoms with Crippen molar-refractivity contribution in [1.82, 2.24) is 19.2 Å². The summed E-state index contributed by atoms with van der Waals surface area (Å²) in [6.07, 6.45) is 2.97. The minimum Gasteiger partial charge on any atom is -0.497 e. The van der Waals surface area contributed by atoms with Crippen molar-refractivity contribution in [1.29, 1.82) is 0 Å². The van der Waals surface area contributed by atoms with E-state index in [1.807, 2.05) is 47.4 Å². The number of carbonyl (C=O) groups is 1. The number of benzene rings is 1. The number of aryl methyl sites for hydroxylation is 1. The molecule has 0 N–H and O–H groups in total. The Balaban J connectivity index is 1.28. The van der Waals surface area contributed by atoms with E-state index in [-0.39, 0.29) is 11.5 Å². The molecule has 0 unspecified atom stereocenters. The average Bonchev–Trinajstić information content (AvgIpc) is 2.78. The number of hydrogen-bond donors (Lipinski definition) is 0. The van der Waals surface area contributed by atoms with Crippen molar-refractivity contribution < 1.29 is 9.53 Å². The van der Waals surface area contributed by atoms with Gasteiger partial charge in [-0.1, -0.05) is 18.2 Å². The van der Waals surface area contributed by atoms with E-state index in [4.69, 9.17) is 4.74 Å². The van der Waals surface area contributed by atoms with Gasteiger partial charge in [-0.3, -0.25) is 18.9 Å². The highest BCUT2D eigenvalue weighted by Gasteiger charge is 2.21. The standard InChI is InChI=1S/C23H26N4O3/c1-30-20-8-5-18(6-9-20)7-10-22(28)26-14-12-25(13-15-26)17-19-16-23(29)27-11-3-2-4-21(27)24-19/h2-6,8-9,11,16H,7,10,12-15,17H2,1H3. The summed E-state index contributed by atoms with van der Waals surface area (Å²) in [5, 5.41) is 0. The molecule has 7 heteroatoms. The van der Waals surface area contributed by atoms with Crippen molar-refractivity contribution >= 4 is 11.6 Å². The summed E-state index contributed by atoms with van der Waals surface area (Å²) in [4.78, 5) is 33.6. The zero-order valence-corrected chi connectivity index (χ0v) is 17.2. The molecule has 1 aliphatic rings. The maximum atomic E-state index is 12.6. The highest BCUT2D eigenvalue weighted by Crippen LogP contribution is 2.14. The molecule has 0 spiro atoms. The van der Waals surface area contributed by atoms with Crippen LogP contribution in [-0.4, -0.2) is 58.4 Å². The molecule has 30 heavy (non-hydrogen) atoms. The molecule has 156 valence electrons. The van der Waals surface area contributed by atoms with Crippen LogP contribution >= 0.6 is 0 Å². The van der Waals surface area contributed by atoms with Gasteiger partial charge >= 0.3 is 0 Å². The van der Waals surface area contributed by atoms with Crippen molar-refractivity contribution in [2.45, 2.75) is 19.4 Å². The van der Waals surface area contributed by atoms with Crippen LogP contribution in [0.1, 0.15) is 17.7 Å². The maximum Gasteiger partial charge on any atom is 0.258 e. The van der Waals surface area contributed by atoms with E-state index in [0.717, 1.165) is 36.5 Å². The normalized spacial score (nSPS) is 14.8. The number of aromatic nitrogens is 2. The minimum absolute atomic E-state index is 0.0667. The topological polar surface area (TPSA) is 67.2 Å². The number of fused-ring (bicyclic) bond motifs is 1. The number of pyridine rings is 1. The second-order valence-electron chi connectivity index (χ2n) is 7.52. The van der Waals surface area contributed by atoms with Crippen LogP contribution in [0.4, 0.5) is 0 Å². The monoisotopic (exact) mass is 406 g/mol. The van der Waals surface area contributed by atoms with Crippen LogP contribution in [0.2, 0.25) is 0 Å². The average molecular weight is 406 g/mol. The van der Waals surface area contributed by atoms with Crippen LogP contribution in [-0.2, 0) is 17.8 Å². The largest absolute Gasteiger partial charge is 0.497 e. The summed E-state index contributed by atoms with van der Waals surface area (Å²) in [6.45, 7) is 3.59. The quantitative estimate of drug-likeness (QED) is 0.626. The van der Waals surface area contributed by atoms with Gasteiger partial charge in [0.2, 0.25) is 5.91 Å². The SMILES string of the molecule is COc1ccc(CCC(=O)N2CCN(Cc3cc(=O)n4ccccc4n3)CC2)cc1. The van der Waals surface area contributed by atoms with Crippen LogP contribution in [0.25, 0.3) is 5.65 Å². The lowest BCUT2D eigenvalue weighted by Crippen LogP contribution is -2.48. The van der Waals surface area contributed by atoms with Crippen LogP contribution in [0, 0.1) is 0 Å². The number of rotatable bonds is 6. The Hall–Kier alpha value is -3.19. The van der Waals surface area contributed by atoms with Gasteiger partial charge in [-0.25, -0.2) is 4.98 Å². The Kier molecular flexibility index (Phi) is 6.09. The lowest BCUT2D eigenvalue weighted by molar-refractivity contribution is -0.133. The van der Waals surface area contributed by atoms with Gasteiger partial charge in [0.15, 0.2) is 0 Å². The fraction of sp³-hybridized carbons (Fsp3) is 0.348.